The average Bonchev–Trinajstić information content (AvgIpc) is 2.85. The lowest BCUT2D eigenvalue weighted by molar-refractivity contribution is -0.387. The van der Waals surface area contributed by atoms with Crippen LogP contribution >= 0.6 is 0 Å². The van der Waals surface area contributed by atoms with Gasteiger partial charge in [0.15, 0.2) is 4.90 Å². The topological polar surface area (TPSA) is 101 Å². The molecule has 1 aliphatic rings. The first kappa shape index (κ1) is 22.6. The van der Waals surface area contributed by atoms with Gasteiger partial charge in [0.1, 0.15) is 0 Å². The Morgan fingerprint density at radius 2 is 1.27 bits per heavy atom. The number of hydrogen-bond donors (Lipinski definition) is 0. The highest BCUT2D eigenvalue weighted by atomic mass is 32.2. The Hall–Kier alpha value is -3.56. The number of rotatable bonds is 6. The number of carbonyl (C=O) groups is 1. The standard InChI is InChI=1S/C24H23N3O5S/c28-24(23(19-9-3-1-4-10-19)20-11-5-2-6-12-20)25-15-17-26(18-16-25)33(31,32)22-14-8-7-13-21(22)27(29)30/h1-14,23H,15-18H2. The van der Waals surface area contributed by atoms with Crippen LogP contribution in [0.5, 0.6) is 0 Å². The van der Waals surface area contributed by atoms with Gasteiger partial charge in [0, 0.05) is 32.2 Å². The van der Waals surface area contributed by atoms with Gasteiger partial charge < -0.3 is 4.90 Å². The van der Waals surface area contributed by atoms with Crippen molar-refractivity contribution in [2.45, 2.75) is 10.8 Å². The summed E-state index contributed by atoms with van der Waals surface area (Å²) in [4.78, 5) is 25.5. The molecule has 3 aromatic rings. The number of amides is 1. The zero-order valence-electron chi connectivity index (χ0n) is 17.8. The smallest absolute Gasteiger partial charge is 0.289 e. The fourth-order valence-corrected chi connectivity index (χ4v) is 5.64. The molecule has 0 saturated carbocycles. The number of hydrogen-bond acceptors (Lipinski definition) is 5. The van der Waals surface area contributed by atoms with Crippen molar-refractivity contribution in [1.29, 1.82) is 0 Å². The number of nitrogens with zero attached hydrogens (tertiary/aromatic N) is 3. The number of sulfonamides is 1. The molecular weight excluding hydrogens is 442 g/mol. The molecule has 9 heteroatoms. The van der Waals surface area contributed by atoms with Crippen LogP contribution in [0.15, 0.2) is 89.8 Å². The lowest BCUT2D eigenvalue weighted by Gasteiger charge is -2.36. The molecule has 0 N–H and O–H groups in total. The first-order valence-corrected chi connectivity index (χ1v) is 12.0. The van der Waals surface area contributed by atoms with Gasteiger partial charge in [-0.2, -0.15) is 4.31 Å². The van der Waals surface area contributed by atoms with Crippen molar-refractivity contribution < 1.29 is 18.1 Å². The van der Waals surface area contributed by atoms with Crippen LogP contribution in [-0.2, 0) is 14.8 Å². The maximum Gasteiger partial charge on any atom is 0.289 e. The van der Waals surface area contributed by atoms with Crippen LogP contribution in [0.2, 0.25) is 0 Å². The molecule has 1 fully saturated rings. The number of piperazine rings is 1. The van der Waals surface area contributed by atoms with E-state index in [9.17, 15) is 23.3 Å². The third kappa shape index (κ3) is 4.64. The Balaban J connectivity index is 1.55. The van der Waals surface area contributed by atoms with Crippen LogP contribution < -0.4 is 0 Å². The summed E-state index contributed by atoms with van der Waals surface area (Å²) >= 11 is 0. The van der Waals surface area contributed by atoms with Crippen LogP contribution in [0.1, 0.15) is 17.0 Å². The van der Waals surface area contributed by atoms with E-state index < -0.39 is 26.6 Å². The Labute approximate surface area is 192 Å². The van der Waals surface area contributed by atoms with Crippen molar-refractivity contribution in [2.24, 2.45) is 0 Å². The van der Waals surface area contributed by atoms with Gasteiger partial charge in [-0.05, 0) is 17.2 Å². The fraction of sp³-hybridized carbons (Fsp3) is 0.208. The van der Waals surface area contributed by atoms with E-state index in [2.05, 4.69) is 0 Å². The highest BCUT2D eigenvalue weighted by Gasteiger charge is 2.36. The van der Waals surface area contributed by atoms with Gasteiger partial charge in [-0.15, -0.1) is 0 Å². The van der Waals surface area contributed by atoms with E-state index >= 15 is 0 Å². The van der Waals surface area contributed by atoms with Gasteiger partial charge >= 0.3 is 0 Å². The number of carbonyl (C=O) groups excluding carboxylic acids is 1. The van der Waals surface area contributed by atoms with Gasteiger partial charge in [-0.1, -0.05) is 72.8 Å². The predicted octanol–water partition coefficient (Wildman–Crippen LogP) is 3.26. The monoisotopic (exact) mass is 465 g/mol. The van der Waals surface area contributed by atoms with E-state index in [1.54, 1.807) is 4.90 Å². The third-order valence-corrected chi connectivity index (χ3v) is 7.69. The lowest BCUT2D eigenvalue weighted by atomic mass is 9.90. The molecule has 1 amide bonds. The first-order valence-electron chi connectivity index (χ1n) is 10.5. The molecule has 4 rings (SSSR count). The molecule has 0 radical (unpaired) electrons. The Bertz CT molecular complexity index is 1200. The molecule has 0 unspecified atom stereocenters. The minimum absolute atomic E-state index is 0.0659. The lowest BCUT2D eigenvalue weighted by Crippen LogP contribution is -2.51. The molecule has 33 heavy (non-hydrogen) atoms. The number of benzene rings is 3. The fourth-order valence-electron chi connectivity index (χ4n) is 4.07. The second-order valence-corrected chi connectivity index (χ2v) is 9.61. The number of nitro groups is 1. The van der Waals surface area contributed by atoms with Gasteiger partial charge in [-0.25, -0.2) is 8.42 Å². The minimum atomic E-state index is -4.06. The second kappa shape index (κ2) is 9.51. The van der Waals surface area contributed by atoms with E-state index in [4.69, 9.17) is 0 Å². The zero-order chi connectivity index (χ0) is 23.4. The van der Waals surface area contributed by atoms with Gasteiger partial charge in [0.2, 0.25) is 15.9 Å². The van der Waals surface area contributed by atoms with Crippen molar-refractivity contribution in [3.63, 3.8) is 0 Å². The normalized spacial score (nSPS) is 14.9. The van der Waals surface area contributed by atoms with Crippen LogP contribution in [0.3, 0.4) is 0 Å². The zero-order valence-corrected chi connectivity index (χ0v) is 18.6. The molecule has 8 nitrogen and oxygen atoms in total. The SMILES string of the molecule is O=C(C(c1ccccc1)c1ccccc1)N1CCN(S(=O)(=O)c2ccccc2[N+](=O)[O-])CC1. The summed E-state index contributed by atoms with van der Waals surface area (Å²) in [5.74, 6) is -0.596. The molecular formula is C24H23N3O5S. The van der Waals surface area contributed by atoms with Gasteiger partial charge in [0.05, 0.1) is 10.8 Å². The van der Waals surface area contributed by atoms with Crippen LogP contribution in [-0.4, -0.2) is 54.6 Å². The van der Waals surface area contributed by atoms with E-state index in [-0.39, 0.29) is 37.0 Å². The van der Waals surface area contributed by atoms with E-state index in [1.165, 1.54) is 28.6 Å². The maximum absolute atomic E-state index is 13.5. The largest absolute Gasteiger partial charge is 0.339 e. The molecule has 1 aliphatic heterocycles. The van der Waals surface area contributed by atoms with Gasteiger partial charge in [0.25, 0.3) is 5.69 Å². The summed E-state index contributed by atoms with van der Waals surface area (Å²) in [6.07, 6.45) is 0. The second-order valence-electron chi connectivity index (χ2n) is 7.71. The molecule has 0 aliphatic carbocycles. The molecule has 170 valence electrons. The molecule has 1 saturated heterocycles. The summed E-state index contributed by atoms with van der Waals surface area (Å²) < 4.78 is 27.4. The average molecular weight is 466 g/mol. The Morgan fingerprint density at radius 1 is 0.788 bits per heavy atom. The van der Waals surface area contributed by atoms with Gasteiger partial charge in [-0.3, -0.25) is 14.9 Å². The van der Waals surface area contributed by atoms with Crippen molar-refractivity contribution in [2.75, 3.05) is 26.2 Å². The molecule has 1 heterocycles. The number of para-hydroxylation sites is 1. The summed E-state index contributed by atoms with van der Waals surface area (Å²) in [5, 5.41) is 11.3. The van der Waals surface area contributed by atoms with Crippen LogP contribution in [0.4, 0.5) is 5.69 Å². The van der Waals surface area contributed by atoms with Crippen molar-refractivity contribution >= 4 is 21.6 Å². The van der Waals surface area contributed by atoms with E-state index in [0.717, 1.165) is 11.1 Å². The third-order valence-electron chi connectivity index (χ3n) is 5.74. The Kier molecular flexibility index (Phi) is 6.52. The van der Waals surface area contributed by atoms with E-state index in [0.29, 0.717) is 0 Å². The quantitative estimate of drug-likeness (QED) is 0.411. The molecule has 0 spiro atoms. The minimum Gasteiger partial charge on any atom is -0.339 e. The van der Waals surface area contributed by atoms with E-state index in [1.807, 2.05) is 60.7 Å². The number of nitro benzene ring substituents is 1. The first-order chi connectivity index (χ1) is 15.9. The summed E-state index contributed by atoms with van der Waals surface area (Å²) in [6.45, 7) is 0.538. The Morgan fingerprint density at radius 3 is 1.79 bits per heavy atom. The molecule has 0 bridgehead atoms. The maximum atomic E-state index is 13.5. The molecule has 0 aromatic heterocycles. The summed E-state index contributed by atoms with van der Waals surface area (Å²) in [6, 6.07) is 24.3. The summed E-state index contributed by atoms with van der Waals surface area (Å²) in [5.41, 5.74) is 1.27. The highest BCUT2D eigenvalue weighted by molar-refractivity contribution is 7.89. The van der Waals surface area contributed by atoms with Crippen LogP contribution in [0.25, 0.3) is 0 Å². The van der Waals surface area contributed by atoms with Crippen molar-refractivity contribution in [1.82, 2.24) is 9.21 Å². The molecule has 0 atom stereocenters. The van der Waals surface area contributed by atoms with Crippen molar-refractivity contribution in [3.05, 3.63) is 106 Å². The molecule has 3 aromatic carbocycles. The summed E-state index contributed by atoms with van der Waals surface area (Å²) in [7, 11) is -4.06. The predicted molar refractivity (Wildman–Crippen MR) is 123 cm³/mol. The van der Waals surface area contributed by atoms with Crippen molar-refractivity contribution in [3.8, 4) is 0 Å². The van der Waals surface area contributed by atoms with Crippen LogP contribution in [0, 0.1) is 10.1 Å². The highest BCUT2D eigenvalue weighted by Crippen LogP contribution is 2.29.